The molecule has 0 saturated carbocycles. The molecule has 0 bridgehead atoms. The SMILES string of the molecule is C=C(NC1=NCC(C(C)(C)C)=C1)Nc1cccc(Cc2ncnc3cc(O[C@@H]4CCN(C)C4)c(CC)cc23)c1. The van der Waals surface area contributed by atoms with Crippen molar-refractivity contribution in [3.05, 3.63) is 83.6 Å². The van der Waals surface area contributed by atoms with Gasteiger partial charge in [-0.15, -0.1) is 0 Å². The molecule has 1 atom stereocenters. The molecule has 0 aliphatic carbocycles. The summed E-state index contributed by atoms with van der Waals surface area (Å²) < 4.78 is 6.42. The Morgan fingerprint density at radius 3 is 2.72 bits per heavy atom. The molecule has 3 aromatic rings. The Labute approximate surface area is 232 Å². The second-order valence-electron chi connectivity index (χ2n) is 11.7. The number of likely N-dealkylation sites (N-methyl/N-ethyl adjacent to an activating group) is 1. The second kappa shape index (κ2) is 11.2. The number of aliphatic imine (C=N–C) groups is 1. The highest BCUT2D eigenvalue weighted by atomic mass is 16.5. The summed E-state index contributed by atoms with van der Waals surface area (Å²) in [5.74, 6) is 2.48. The van der Waals surface area contributed by atoms with Gasteiger partial charge in [0.2, 0.25) is 0 Å². The van der Waals surface area contributed by atoms with Crippen LogP contribution in [0.4, 0.5) is 5.69 Å². The summed E-state index contributed by atoms with van der Waals surface area (Å²) >= 11 is 0. The van der Waals surface area contributed by atoms with E-state index < -0.39 is 0 Å². The van der Waals surface area contributed by atoms with Crippen LogP contribution in [0, 0.1) is 5.41 Å². The van der Waals surface area contributed by atoms with Crippen LogP contribution in [0.5, 0.6) is 5.75 Å². The van der Waals surface area contributed by atoms with Crippen molar-refractivity contribution in [1.29, 1.82) is 0 Å². The first-order valence-corrected chi connectivity index (χ1v) is 13.9. The maximum atomic E-state index is 6.42. The molecule has 39 heavy (non-hydrogen) atoms. The number of nitrogens with zero attached hydrogens (tertiary/aromatic N) is 4. The van der Waals surface area contributed by atoms with Crippen LogP contribution in [0.3, 0.4) is 0 Å². The van der Waals surface area contributed by atoms with Crippen molar-refractivity contribution >= 4 is 22.4 Å². The lowest BCUT2D eigenvalue weighted by Gasteiger charge is -2.19. The first kappa shape index (κ1) is 26.9. The Morgan fingerprint density at radius 2 is 2.00 bits per heavy atom. The fraction of sp³-hybridized carbons (Fsp3) is 0.406. The van der Waals surface area contributed by atoms with Gasteiger partial charge in [0.25, 0.3) is 0 Å². The van der Waals surface area contributed by atoms with Crippen LogP contribution in [-0.4, -0.2) is 53.5 Å². The summed E-state index contributed by atoms with van der Waals surface area (Å²) in [7, 11) is 2.14. The average molecular weight is 525 g/mol. The van der Waals surface area contributed by atoms with Gasteiger partial charge in [-0.05, 0) is 66.3 Å². The zero-order valence-corrected chi connectivity index (χ0v) is 23.8. The lowest BCUT2D eigenvalue weighted by Crippen LogP contribution is -2.24. The number of aromatic nitrogens is 2. The van der Waals surface area contributed by atoms with E-state index in [9.17, 15) is 0 Å². The van der Waals surface area contributed by atoms with Crippen LogP contribution in [-0.2, 0) is 12.8 Å². The van der Waals surface area contributed by atoms with Gasteiger partial charge < -0.3 is 20.3 Å². The molecule has 0 unspecified atom stereocenters. The highest BCUT2D eigenvalue weighted by molar-refractivity contribution is 5.97. The summed E-state index contributed by atoms with van der Waals surface area (Å²) in [6.07, 6.45) is 6.67. The summed E-state index contributed by atoms with van der Waals surface area (Å²) in [4.78, 5) is 16.2. The number of anilines is 1. The monoisotopic (exact) mass is 524 g/mol. The van der Waals surface area contributed by atoms with Gasteiger partial charge in [-0.3, -0.25) is 4.99 Å². The van der Waals surface area contributed by atoms with Gasteiger partial charge >= 0.3 is 0 Å². The van der Waals surface area contributed by atoms with Gasteiger partial charge in [0.1, 0.15) is 29.8 Å². The smallest absolute Gasteiger partial charge is 0.126 e. The number of fused-ring (bicyclic) bond motifs is 1. The highest BCUT2D eigenvalue weighted by Gasteiger charge is 2.23. The molecule has 1 fully saturated rings. The van der Waals surface area contributed by atoms with E-state index in [1.54, 1.807) is 6.33 Å². The molecular weight excluding hydrogens is 484 g/mol. The molecule has 3 heterocycles. The van der Waals surface area contributed by atoms with Crippen LogP contribution in [0.15, 0.2) is 71.8 Å². The third-order valence-electron chi connectivity index (χ3n) is 7.49. The van der Waals surface area contributed by atoms with Crippen molar-refractivity contribution in [2.75, 3.05) is 32.0 Å². The Kier molecular flexibility index (Phi) is 7.71. The normalized spacial score (nSPS) is 17.7. The molecule has 2 N–H and O–H groups in total. The van der Waals surface area contributed by atoms with Gasteiger partial charge in [-0.2, -0.15) is 0 Å². The number of hydrogen-bond donors (Lipinski definition) is 2. The molecule has 0 amide bonds. The number of hydrogen-bond acceptors (Lipinski definition) is 7. The zero-order valence-electron chi connectivity index (χ0n) is 23.8. The van der Waals surface area contributed by atoms with Gasteiger partial charge in [-0.1, -0.05) is 46.4 Å². The third-order valence-corrected chi connectivity index (χ3v) is 7.49. The minimum Gasteiger partial charge on any atom is -0.489 e. The summed E-state index contributed by atoms with van der Waals surface area (Å²) in [6.45, 7) is 15.7. The lowest BCUT2D eigenvalue weighted by atomic mass is 9.87. The zero-order chi connectivity index (χ0) is 27.6. The number of benzene rings is 2. The topological polar surface area (TPSA) is 74.7 Å². The fourth-order valence-electron chi connectivity index (χ4n) is 5.15. The Balaban J connectivity index is 1.30. The predicted molar refractivity (Wildman–Crippen MR) is 160 cm³/mol. The van der Waals surface area contributed by atoms with E-state index in [0.29, 0.717) is 12.2 Å². The van der Waals surface area contributed by atoms with E-state index in [1.165, 1.54) is 11.1 Å². The molecule has 2 aliphatic rings. The molecule has 5 rings (SSSR count). The molecule has 1 aromatic heterocycles. The van der Waals surface area contributed by atoms with E-state index in [0.717, 1.165) is 71.9 Å². The van der Waals surface area contributed by atoms with Gasteiger partial charge in [0.05, 0.1) is 17.8 Å². The number of nitrogens with one attached hydrogen (secondary N) is 2. The lowest BCUT2D eigenvalue weighted by molar-refractivity contribution is 0.206. The van der Waals surface area contributed by atoms with Crippen LogP contribution in [0.1, 0.15) is 50.9 Å². The van der Waals surface area contributed by atoms with E-state index in [1.807, 2.05) is 6.07 Å². The molecule has 0 radical (unpaired) electrons. The third kappa shape index (κ3) is 6.48. The largest absolute Gasteiger partial charge is 0.489 e. The standard InChI is InChI=1S/C32H40N6O/c1-7-23-15-27-28(34-20-35-29(27)17-30(23)39-26-11-12-38(6)19-26)14-22-9-8-10-25(13-22)36-21(2)37-31-16-24(18-33-31)32(3,4)5/h8-10,13,15-17,20,26,36H,2,7,11-12,14,18-19H2,1,3-6H3,(H,33,37)/t26-/m1/s1. The summed E-state index contributed by atoms with van der Waals surface area (Å²) in [5.41, 5.74) is 6.68. The molecule has 0 spiro atoms. The average Bonchev–Trinajstić information content (AvgIpc) is 3.53. The van der Waals surface area contributed by atoms with Crippen LogP contribution >= 0.6 is 0 Å². The van der Waals surface area contributed by atoms with E-state index >= 15 is 0 Å². The van der Waals surface area contributed by atoms with Crippen molar-refractivity contribution in [2.45, 2.75) is 53.1 Å². The molecule has 1 saturated heterocycles. The Hall–Kier alpha value is -3.71. The van der Waals surface area contributed by atoms with E-state index in [2.05, 4.69) is 108 Å². The van der Waals surface area contributed by atoms with Crippen LogP contribution in [0.2, 0.25) is 0 Å². The van der Waals surface area contributed by atoms with Crippen molar-refractivity contribution in [3.8, 4) is 5.75 Å². The Bertz CT molecular complexity index is 1430. The second-order valence-corrected chi connectivity index (χ2v) is 11.7. The quantitative estimate of drug-likeness (QED) is 0.392. The maximum Gasteiger partial charge on any atom is 0.126 e. The van der Waals surface area contributed by atoms with E-state index in [4.69, 9.17) is 4.74 Å². The summed E-state index contributed by atoms with van der Waals surface area (Å²) in [6, 6.07) is 12.7. The molecule has 204 valence electrons. The van der Waals surface area contributed by atoms with Crippen molar-refractivity contribution < 1.29 is 4.74 Å². The number of amidine groups is 1. The van der Waals surface area contributed by atoms with Crippen LogP contribution in [0.25, 0.3) is 10.9 Å². The molecule has 2 aliphatic heterocycles. The van der Waals surface area contributed by atoms with Crippen molar-refractivity contribution in [2.24, 2.45) is 10.4 Å². The Morgan fingerprint density at radius 1 is 1.15 bits per heavy atom. The number of ether oxygens (including phenoxy) is 1. The molecule has 2 aromatic carbocycles. The van der Waals surface area contributed by atoms with E-state index in [-0.39, 0.29) is 11.5 Å². The maximum absolute atomic E-state index is 6.42. The molecule has 7 heteroatoms. The van der Waals surface area contributed by atoms with Gasteiger partial charge in [0, 0.05) is 36.7 Å². The van der Waals surface area contributed by atoms with Gasteiger partial charge in [-0.25, -0.2) is 9.97 Å². The first-order valence-electron chi connectivity index (χ1n) is 13.9. The van der Waals surface area contributed by atoms with Gasteiger partial charge in [0.15, 0.2) is 0 Å². The summed E-state index contributed by atoms with van der Waals surface area (Å²) in [5, 5.41) is 7.76. The highest BCUT2D eigenvalue weighted by Crippen LogP contribution is 2.30. The number of likely N-dealkylation sites (tertiary alicyclic amines) is 1. The minimum absolute atomic E-state index is 0.112. The van der Waals surface area contributed by atoms with Crippen molar-refractivity contribution in [3.63, 3.8) is 0 Å². The number of aryl methyl sites for hydroxylation is 1. The van der Waals surface area contributed by atoms with Crippen molar-refractivity contribution in [1.82, 2.24) is 20.2 Å². The first-order chi connectivity index (χ1) is 18.7. The molecular formula is C32H40N6O. The fourth-order valence-corrected chi connectivity index (χ4v) is 5.15. The minimum atomic E-state index is 0.112. The number of rotatable bonds is 8. The van der Waals surface area contributed by atoms with Crippen LogP contribution < -0.4 is 15.4 Å². The predicted octanol–water partition coefficient (Wildman–Crippen LogP) is 5.72. The molecule has 7 nitrogen and oxygen atoms in total.